The van der Waals surface area contributed by atoms with Crippen LogP contribution in [0.15, 0.2) is 42.5 Å². The lowest BCUT2D eigenvalue weighted by Gasteiger charge is -2.08. The van der Waals surface area contributed by atoms with E-state index in [0.717, 1.165) is 21.2 Å². The number of carbonyl (C=O) groups excluding carboxylic acids is 1. The molecule has 0 aliphatic rings. The van der Waals surface area contributed by atoms with Gasteiger partial charge in [-0.2, -0.15) is 0 Å². The van der Waals surface area contributed by atoms with E-state index in [0.29, 0.717) is 17.2 Å². The Labute approximate surface area is 124 Å². The molecule has 0 bridgehead atoms. The van der Waals surface area contributed by atoms with Crippen molar-refractivity contribution in [1.82, 2.24) is 0 Å². The van der Waals surface area contributed by atoms with E-state index in [1.165, 1.54) is 0 Å². The Morgan fingerprint density at radius 1 is 1.17 bits per heavy atom. The zero-order chi connectivity index (χ0) is 13.0. The number of halogens is 2. The molecule has 2 rings (SSSR count). The molecule has 0 fully saturated rings. The molecule has 4 heteroatoms. The zero-order valence-corrected chi connectivity index (χ0v) is 12.3. The van der Waals surface area contributed by atoms with Crippen molar-refractivity contribution in [2.45, 2.75) is 6.61 Å². The van der Waals surface area contributed by atoms with Crippen LogP contribution in [-0.4, -0.2) is 6.29 Å². The lowest BCUT2D eigenvalue weighted by atomic mass is 10.2. The number of carbonyl (C=O) groups is 1. The summed E-state index contributed by atoms with van der Waals surface area (Å²) in [5.41, 5.74) is 1.70. The van der Waals surface area contributed by atoms with E-state index in [1.807, 2.05) is 24.3 Å². The minimum atomic E-state index is 0.480. The fourth-order valence-corrected chi connectivity index (χ4v) is 2.27. The van der Waals surface area contributed by atoms with E-state index >= 15 is 0 Å². The molecule has 0 radical (unpaired) electrons. The average molecular weight is 373 g/mol. The molecule has 0 N–H and O–H groups in total. The Morgan fingerprint density at radius 3 is 2.50 bits per heavy atom. The predicted molar refractivity (Wildman–Crippen MR) is 80.3 cm³/mol. The van der Waals surface area contributed by atoms with Crippen LogP contribution < -0.4 is 4.74 Å². The third-order valence-corrected chi connectivity index (χ3v) is 3.49. The second kappa shape index (κ2) is 6.20. The smallest absolute Gasteiger partial charge is 0.150 e. The molecule has 0 aliphatic heterocycles. The summed E-state index contributed by atoms with van der Waals surface area (Å²) < 4.78 is 6.62. The molecule has 0 spiro atoms. The summed E-state index contributed by atoms with van der Waals surface area (Å²) >= 11 is 7.96. The van der Waals surface area contributed by atoms with Crippen LogP contribution in [0.2, 0.25) is 5.02 Å². The van der Waals surface area contributed by atoms with Crippen molar-refractivity contribution in [3.63, 3.8) is 0 Å². The molecule has 18 heavy (non-hydrogen) atoms. The maximum absolute atomic E-state index is 10.6. The van der Waals surface area contributed by atoms with E-state index in [2.05, 4.69) is 22.6 Å². The van der Waals surface area contributed by atoms with E-state index in [-0.39, 0.29) is 0 Å². The third-order valence-electron chi connectivity index (χ3n) is 2.40. The number of hydrogen-bond donors (Lipinski definition) is 0. The van der Waals surface area contributed by atoms with Gasteiger partial charge in [-0.1, -0.05) is 23.7 Å². The van der Waals surface area contributed by atoms with Gasteiger partial charge < -0.3 is 4.74 Å². The first-order valence-electron chi connectivity index (χ1n) is 5.31. The van der Waals surface area contributed by atoms with Crippen LogP contribution in [0.1, 0.15) is 15.9 Å². The van der Waals surface area contributed by atoms with E-state index in [1.54, 1.807) is 18.2 Å². The fourth-order valence-electron chi connectivity index (χ4n) is 1.45. The highest BCUT2D eigenvalue weighted by Crippen LogP contribution is 2.22. The predicted octanol–water partition coefficient (Wildman–Crippen LogP) is 4.34. The van der Waals surface area contributed by atoms with E-state index < -0.39 is 0 Å². The first-order valence-corrected chi connectivity index (χ1v) is 6.76. The Balaban J connectivity index is 2.06. The Hall–Kier alpha value is -1.07. The van der Waals surface area contributed by atoms with Crippen LogP contribution in [0, 0.1) is 3.57 Å². The third kappa shape index (κ3) is 3.46. The summed E-state index contributed by atoms with van der Waals surface area (Å²) in [6, 6.07) is 12.9. The Kier molecular flexibility index (Phi) is 4.60. The second-order valence-electron chi connectivity index (χ2n) is 3.72. The summed E-state index contributed by atoms with van der Waals surface area (Å²) in [7, 11) is 0. The number of ether oxygens (including phenoxy) is 1. The van der Waals surface area contributed by atoms with Crippen LogP contribution in [0.4, 0.5) is 0 Å². The van der Waals surface area contributed by atoms with Gasteiger partial charge in [0.2, 0.25) is 0 Å². The molecule has 2 aromatic rings. The van der Waals surface area contributed by atoms with Gasteiger partial charge in [0.15, 0.2) is 0 Å². The Morgan fingerprint density at radius 2 is 1.89 bits per heavy atom. The maximum atomic E-state index is 10.6. The van der Waals surface area contributed by atoms with E-state index in [4.69, 9.17) is 16.3 Å². The molecule has 0 atom stereocenters. The lowest BCUT2D eigenvalue weighted by molar-refractivity contribution is 0.112. The first kappa shape index (κ1) is 13.4. The topological polar surface area (TPSA) is 26.3 Å². The van der Waals surface area contributed by atoms with Crippen LogP contribution in [0.25, 0.3) is 0 Å². The number of aldehydes is 1. The molecule has 0 amide bonds. The van der Waals surface area contributed by atoms with Crippen LogP contribution in [0.3, 0.4) is 0 Å². The zero-order valence-electron chi connectivity index (χ0n) is 9.40. The maximum Gasteiger partial charge on any atom is 0.150 e. The monoisotopic (exact) mass is 372 g/mol. The molecule has 0 saturated carbocycles. The SMILES string of the molecule is O=Cc1ccc(OCc2ccc(Cl)cc2)c(I)c1. The molecule has 0 saturated heterocycles. The molecule has 0 heterocycles. The molecule has 92 valence electrons. The Bertz CT molecular complexity index is 552. The van der Waals surface area contributed by atoms with E-state index in [9.17, 15) is 4.79 Å². The summed E-state index contributed by atoms with van der Waals surface area (Å²) in [5.74, 6) is 0.774. The number of benzene rings is 2. The highest BCUT2D eigenvalue weighted by Gasteiger charge is 2.03. The van der Waals surface area contributed by atoms with Gasteiger partial charge in [-0.15, -0.1) is 0 Å². The molecular weight excluding hydrogens is 363 g/mol. The lowest BCUT2D eigenvalue weighted by Crippen LogP contribution is -1.97. The first-order chi connectivity index (χ1) is 8.69. The minimum absolute atomic E-state index is 0.480. The van der Waals surface area contributed by atoms with Gasteiger partial charge in [0.1, 0.15) is 18.6 Å². The van der Waals surface area contributed by atoms with Crippen molar-refractivity contribution in [2.24, 2.45) is 0 Å². The summed E-state index contributed by atoms with van der Waals surface area (Å²) in [4.78, 5) is 10.6. The van der Waals surface area contributed by atoms with Gasteiger partial charge in [0.25, 0.3) is 0 Å². The van der Waals surface area contributed by atoms with Crippen LogP contribution in [0.5, 0.6) is 5.75 Å². The number of hydrogen-bond acceptors (Lipinski definition) is 2. The van der Waals surface area contributed by atoms with Gasteiger partial charge in [-0.3, -0.25) is 4.79 Å². The molecule has 2 aromatic carbocycles. The summed E-state index contributed by atoms with van der Waals surface area (Å²) in [6.45, 7) is 0.480. The second-order valence-corrected chi connectivity index (χ2v) is 5.32. The highest BCUT2D eigenvalue weighted by atomic mass is 127. The van der Waals surface area contributed by atoms with Crippen LogP contribution in [-0.2, 0) is 6.61 Å². The normalized spacial score (nSPS) is 10.1. The van der Waals surface area contributed by atoms with Crippen molar-refractivity contribution in [3.05, 3.63) is 62.2 Å². The largest absolute Gasteiger partial charge is 0.488 e. The van der Waals surface area contributed by atoms with Crippen molar-refractivity contribution < 1.29 is 9.53 Å². The minimum Gasteiger partial charge on any atom is -0.488 e. The molecular formula is C14H10ClIO2. The van der Waals surface area contributed by atoms with Crippen molar-refractivity contribution in [2.75, 3.05) is 0 Å². The van der Waals surface area contributed by atoms with Gasteiger partial charge >= 0.3 is 0 Å². The molecule has 0 aliphatic carbocycles. The highest BCUT2D eigenvalue weighted by molar-refractivity contribution is 14.1. The summed E-state index contributed by atoms with van der Waals surface area (Å²) in [5, 5.41) is 0.712. The average Bonchev–Trinajstić information content (AvgIpc) is 2.39. The van der Waals surface area contributed by atoms with Crippen LogP contribution >= 0.6 is 34.2 Å². The molecule has 2 nitrogen and oxygen atoms in total. The standard InChI is InChI=1S/C14H10ClIO2/c15-12-4-1-10(2-5-12)9-18-14-6-3-11(8-17)7-13(14)16/h1-8H,9H2. The van der Waals surface area contributed by atoms with Crippen molar-refractivity contribution in [1.29, 1.82) is 0 Å². The van der Waals surface area contributed by atoms with Gasteiger partial charge in [-0.05, 0) is 58.5 Å². The fraction of sp³-hybridized carbons (Fsp3) is 0.0714. The number of rotatable bonds is 4. The van der Waals surface area contributed by atoms with Crippen molar-refractivity contribution in [3.8, 4) is 5.75 Å². The van der Waals surface area contributed by atoms with Crippen molar-refractivity contribution >= 4 is 40.5 Å². The quantitative estimate of drug-likeness (QED) is 0.590. The van der Waals surface area contributed by atoms with Gasteiger partial charge in [0, 0.05) is 10.6 Å². The summed E-state index contributed by atoms with van der Waals surface area (Å²) in [6.07, 6.45) is 0.825. The molecule has 0 unspecified atom stereocenters. The van der Waals surface area contributed by atoms with Gasteiger partial charge in [0.05, 0.1) is 3.57 Å². The van der Waals surface area contributed by atoms with Gasteiger partial charge in [-0.25, -0.2) is 0 Å². The molecule has 0 aromatic heterocycles.